The zero-order chi connectivity index (χ0) is 5.11. The molecule has 0 fully saturated rings. The summed E-state index contributed by atoms with van der Waals surface area (Å²) in [5, 5.41) is 0. The number of hydrogen-bond acceptors (Lipinski definition) is 2. The highest BCUT2D eigenvalue weighted by Crippen LogP contribution is 1.99. The van der Waals surface area contributed by atoms with Crippen molar-refractivity contribution in [2.24, 2.45) is 0 Å². The van der Waals surface area contributed by atoms with E-state index in [2.05, 4.69) is 0 Å². The predicted molar refractivity (Wildman–Crippen MR) is 27.7 cm³/mol. The molecular weight excluding hydrogens is 114 g/mol. The van der Waals surface area contributed by atoms with Crippen LogP contribution in [0.4, 0.5) is 0 Å². The van der Waals surface area contributed by atoms with Crippen molar-refractivity contribution in [3.8, 4) is 0 Å². The van der Waals surface area contributed by atoms with Crippen molar-refractivity contribution in [2.75, 3.05) is 13.3 Å². The Labute approximate surface area is 47.4 Å². The maximum absolute atomic E-state index is 5.47. The molecule has 0 saturated carbocycles. The molecule has 0 aliphatic carbocycles. The molecule has 1 aliphatic rings. The van der Waals surface area contributed by atoms with Gasteiger partial charge in [0, 0.05) is 6.54 Å². The molecule has 0 aromatic rings. The minimum absolute atomic E-state index is 0.498. The first-order valence-corrected chi connectivity index (χ1v) is 2.41. The largest absolute Gasteiger partial charge is 0.485 e. The van der Waals surface area contributed by atoms with Crippen molar-refractivity contribution in [3.63, 3.8) is 0 Å². The van der Waals surface area contributed by atoms with Crippen LogP contribution in [0.2, 0.25) is 0 Å². The molecule has 1 heterocycles. The second-order valence-electron chi connectivity index (χ2n) is 1.31. The first-order valence-electron chi connectivity index (χ1n) is 2.07. The fraction of sp³-hybridized carbons (Fsp3) is 0.500. The van der Waals surface area contributed by atoms with Crippen molar-refractivity contribution in [1.29, 1.82) is 0 Å². The van der Waals surface area contributed by atoms with Crippen LogP contribution in [0.5, 0.6) is 0 Å². The van der Waals surface area contributed by atoms with Gasteiger partial charge >= 0.3 is 0 Å². The van der Waals surface area contributed by atoms with Gasteiger partial charge in [-0.3, -0.25) is 0 Å². The SMILES string of the molecule is ClN1CC=COC1. The predicted octanol–water partition coefficient (Wildman–Crippen LogP) is 0.944. The van der Waals surface area contributed by atoms with Crippen LogP contribution in [0, 0.1) is 0 Å². The molecular formula is C4H6ClNO. The van der Waals surface area contributed by atoms with Gasteiger partial charge in [-0.15, -0.1) is 0 Å². The van der Waals surface area contributed by atoms with Gasteiger partial charge < -0.3 is 4.74 Å². The Bertz CT molecular complexity index is 83.8. The van der Waals surface area contributed by atoms with Crippen LogP contribution in [0.25, 0.3) is 0 Å². The van der Waals surface area contributed by atoms with E-state index in [0.29, 0.717) is 6.73 Å². The number of nitrogens with zero attached hydrogens (tertiary/aromatic N) is 1. The van der Waals surface area contributed by atoms with Gasteiger partial charge in [0.2, 0.25) is 0 Å². The van der Waals surface area contributed by atoms with Gasteiger partial charge in [0.25, 0.3) is 0 Å². The van der Waals surface area contributed by atoms with E-state index in [0.717, 1.165) is 6.54 Å². The van der Waals surface area contributed by atoms with Crippen LogP contribution in [0.3, 0.4) is 0 Å². The van der Waals surface area contributed by atoms with E-state index in [1.54, 1.807) is 10.7 Å². The molecule has 7 heavy (non-hydrogen) atoms. The number of ether oxygens (including phenoxy) is 1. The lowest BCUT2D eigenvalue weighted by Crippen LogP contribution is -2.17. The minimum atomic E-state index is 0.498. The smallest absolute Gasteiger partial charge is 0.154 e. The molecule has 0 atom stereocenters. The zero-order valence-corrected chi connectivity index (χ0v) is 4.56. The van der Waals surface area contributed by atoms with Crippen LogP contribution in [0.15, 0.2) is 12.3 Å². The summed E-state index contributed by atoms with van der Waals surface area (Å²) < 4.78 is 6.35. The first-order chi connectivity index (χ1) is 3.39. The molecule has 3 heteroatoms. The number of halogens is 1. The second-order valence-corrected chi connectivity index (χ2v) is 1.79. The van der Waals surface area contributed by atoms with Crippen LogP contribution in [-0.4, -0.2) is 17.7 Å². The Morgan fingerprint density at radius 1 is 1.71 bits per heavy atom. The van der Waals surface area contributed by atoms with Gasteiger partial charge in [-0.05, 0) is 17.9 Å². The first kappa shape index (κ1) is 4.94. The molecule has 0 aromatic heterocycles. The summed E-state index contributed by atoms with van der Waals surface area (Å²) in [5.41, 5.74) is 0. The topological polar surface area (TPSA) is 12.5 Å². The Morgan fingerprint density at radius 3 is 2.86 bits per heavy atom. The van der Waals surface area contributed by atoms with Crippen LogP contribution < -0.4 is 0 Å². The molecule has 0 aromatic carbocycles. The van der Waals surface area contributed by atoms with Crippen molar-refractivity contribution in [3.05, 3.63) is 12.3 Å². The summed E-state index contributed by atoms with van der Waals surface area (Å²) in [5.74, 6) is 0. The molecule has 0 saturated heterocycles. The monoisotopic (exact) mass is 119 g/mol. The van der Waals surface area contributed by atoms with E-state index in [4.69, 9.17) is 16.5 Å². The van der Waals surface area contributed by atoms with Crippen molar-refractivity contribution >= 4 is 11.8 Å². The highest BCUT2D eigenvalue weighted by atomic mass is 35.5. The molecule has 40 valence electrons. The minimum Gasteiger partial charge on any atom is -0.485 e. The van der Waals surface area contributed by atoms with Crippen LogP contribution in [0.1, 0.15) is 0 Å². The summed E-state index contributed by atoms with van der Waals surface area (Å²) >= 11 is 5.47. The van der Waals surface area contributed by atoms with Gasteiger partial charge in [0.15, 0.2) is 6.73 Å². The van der Waals surface area contributed by atoms with Gasteiger partial charge in [0.05, 0.1) is 6.26 Å². The Balaban J connectivity index is 2.32. The highest BCUT2D eigenvalue weighted by Gasteiger charge is 1.98. The van der Waals surface area contributed by atoms with Gasteiger partial charge in [-0.2, -0.15) is 4.42 Å². The third-order valence-electron chi connectivity index (χ3n) is 0.711. The molecule has 0 radical (unpaired) electrons. The van der Waals surface area contributed by atoms with E-state index < -0.39 is 0 Å². The molecule has 1 rings (SSSR count). The van der Waals surface area contributed by atoms with Crippen molar-refractivity contribution < 1.29 is 4.74 Å². The number of rotatable bonds is 0. The maximum atomic E-state index is 5.47. The van der Waals surface area contributed by atoms with Gasteiger partial charge in [-0.25, -0.2) is 0 Å². The number of hydrogen-bond donors (Lipinski definition) is 0. The molecule has 1 aliphatic heterocycles. The summed E-state index contributed by atoms with van der Waals surface area (Å²) in [6.45, 7) is 1.28. The lowest BCUT2D eigenvalue weighted by Gasteiger charge is -2.13. The second kappa shape index (κ2) is 2.19. The molecule has 0 amide bonds. The highest BCUT2D eigenvalue weighted by molar-refractivity contribution is 6.13. The third-order valence-corrected chi connectivity index (χ3v) is 0.946. The fourth-order valence-electron chi connectivity index (χ4n) is 0.402. The fourth-order valence-corrected chi connectivity index (χ4v) is 0.538. The summed E-state index contributed by atoms with van der Waals surface area (Å²) in [7, 11) is 0. The van der Waals surface area contributed by atoms with E-state index in [1.807, 2.05) is 6.08 Å². The van der Waals surface area contributed by atoms with E-state index in [9.17, 15) is 0 Å². The standard InChI is InChI=1S/C4H6ClNO/c5-6-2-1-3-7-4-6/h1,3H,2,4H2. The van der Waals surface area contributed by atoms with Crippen molar-refractivity contribution in [2.45, 2.75) is 0 Å². The molecule has 0 N–H and O–H groups in total. The van der Waals surface area contributed by atoms with Crippen LogP contribution in [-0.2, 0) is 4.74 Å². The van der Waals surface area contributed by atoms with Crippen LogP contribution >= 0.6 is 11.8 Å². The lowest BCUT2D eigenvalue weighted by atomic mass is 10.6. The average Bonchev–Trinajstić information content (AvgIpc) is 1.69. The van der Waals surface area contributed by atoms with E-state index in [1.165, 1.54) is 0 Å². The summed E-state index contributed by atoms with van der Waals surface area (Å²) in [6.07, 6.45) is 3.51. The van der Waals surface area contributed by atoms with Gasteiger partial charge in [-0.1, -0.05) is 0 Å². The third kappa shape index (κ3) is 1.37. The van der Waals surface area contributed by atoms with E-state index in [-0.39, 0.29) is 0 Å². The normalized spacial score (nSPS) is 21.9. The zero-order valence-electron chi connectivity index (χ0n) is 3.80. The lowest BCUT2D eigenvalue weighted by molar-refractivity contribution is 0.147. The Hall–Kier alpha value is -0.210. The average molecular weight is 120 g/mol. The molecule has 0 spiro atoms. The maximum Gasteiger partial charge on any atom is 0.154 e. The summed E-state index contributed by atoms with van der Waals surface area (Å²) in [4.78, 5) is 0. The van der Waals surface area contributed by atoms with Crippen molar-refractivity contribution in [1.82, 2.24) is 4.42 Å². The molecule has 0 unspecified atom stereocenters. The Morgan fingerprint density at radius 2 is 2.57 bits per heavy atom. The molecule has 0 bridgehead atoms. The van der Waals surface area contributed by atoms with Gasteiger partial charge in [0.1, 0.15) is 0 Å². The Kier molecular flexibility index (Phi) is 1.54. The quantitative estimate of drug-likeness (QED) is 0.440. The van der Waals surface area contributed by atoms with E-state index >= 15 is 0 Å². The summed E-state index contributed by atoms with van der Waals surface area (Å²) in [6, 6.07) is 0. The molecule has 2 nitrogen and oxygen atoms in total.